The van der Waals surface area contributed by atoms with Crippen molar-refractivity contribution >= 4 is 16.9 Å². The largest absolute Gasteiger partial charge is 0.468 e. The number of aromatic nitrogens is 1. The number of carbonyl (C=O) groups excluding carboxylic acids is 1. The molecule has 0 saturated carbocycles. The monoisotopic (exact) mass is 230 g/mol. The van der Waals surface area contributed by atoms with Crippen molar-refractivity contribution in [2.75, 3.05) is 13.7 Å². The molecule has 0 bridgehead atoms. The number of benzene rings is 1. The predicted octanol–water partition coefficient (Wildman–Crippen LogP) is 1.45. The minimum Gasteiger partial charge on any atom is -0.468 e. The van der Waals surface area contributed by atoms with Gasteiger partial charge in [-0.2, -0.15) is 0 Å². The van der Waals surface area contributed by atoms with Crippen LogP contribution in [0.25, 0.3) is 10.9 Å². The molecule has 0 radical (unpaired) electrons. The lowest BCUT2D eigenvalue weighted by molar-refractivity contribution is -0.142. The van der Waals surface area contributed by atoms with Gasteiger partial charge in [0.2, 0.25) is 0 Å². The SMILES string of the molecule is COC(=O)C(CN)c1ccc2ccccc2n1. The topological polar surface area (TPSA) is 65.2 Å². The van der Waals surface area contributed by atoms with Crippen LogP contribution in [-0.4, -0.2) is 24.6 Å². The van der Waals surface area contributed by atoms with E-state index < -0.39 is 5.92 Å². The molecule has 0 aliphatic heterocycles. The van der Waals surface area contributed by atoms with Crippen LogP contribution in [0.5, 0.6) is 0 Å². The third-order valence-corrected chi connectivity index (χ3v) is 2.70. The molecule has 4 nitrogen and oxygen atoms in total. The summed E-state index contributed by atoms with van der Waals surface area (Å²) in [7, 11) is 1.35. The highest BCUT2D eigenvalue weighted by atomic mass is 16.5. The molecule has 1 atom stereocenters. The van der Waals surface area contributed by atoms with Crippen molar-refractivity contribution in [2.45, 2.75) is 5.92 Å². The fraction of sp³-hybridized carbons (Fsp3) is 0.231. The number of ether oxygens (including phenoxy) is 1. The van der Waals surface area contributed by atoms with Crippen LogP contribution in [0.2, 0.25) is 0 Å². The Balaban J connectivity index is 2.44. The lowest BCUT2D eigenvalue weighted by Crippen LogP contribution is -2.23. The predicted molar refractivity (Wildman–Crippen MR) is 65.6 cm³/mol. The second-order valence-electron chi connectivity index (χ2n) is 3.74. The zero-order chi connectivity index (χ0) is 12.3. The van der Waals surface area contributed by atoms with Gasteiger partial charge in [-0.1, -0.05) is 24.3 Å². The molecule has 17 heavy (non-hydrogen) atoms. The number of fused-ring (bicyclic) bond motifs is 1. The minimum atomic E-state index is -0.496. The fourth-order valence-corrected chi connectivity index (χ4v) is 1.76. The van der Waals surface area contributed by atoms with E-state index in [-0.39, 0.29) is 12.5 Å². The third-order valence-electron chi connectivity index (χ3n) is 2.70. The number of para-hydroxylation sites is 1. The average molecular weight is 230 g/mol. The molecule has 88 valence electrons. The van der Waals surface area contributed by atoms with Gasteiger partial charge in [-0.3, -0.25) is 9.78 Å². The van der Waals surface area contributed by atoms with Crippen LogP contribution < -0.4 is 5.73 Å². The molecule has 4 heteroatoms. The van der Waals surface area contributed by atoms with Gasteiger partial charge in [0.1, 0.15) is 5.92 Å². The van der Waals surface area contributed by atoms with E-state index in [0.29, 0.717) is 5.69 Å². The summed E-state index contributed by atoms with van der Waals surface area (Å²) in [5.41, 5.74) is 7.09. The third kappa shape index (κ3) is 2.26. The normalized spacial score (nSPS) is 12.4. The molecule has 0 spiro atoms. The number of rotatable bonds is 3. The minimum absolute atomic E-state index is 0.192. The van der Waals surface area contributed by atoms with Crippen LogP contribution in [0, 0.1) is 0 Å². The summed E-state index contributed by atoms with van der Waals surface area (Å²) in [6, 6.07) is 11.5. The molecular formula is C13H14N2O2. The van der Waals surface area contributed by atoms with E-state index in [1.165, 1.54) is 7.11 Å². The van der Waals surface area contributed by atoms with E-state index in [9.17, 15) is 4.79 Å². The summed E-state index contributed by atoms with van der Waals surface area (Å²) in [5.74, 6) is -0.847. The quantitative estimate of drug-likeness (QED) is 0.810. The summed E-state index contributed by atoms with van der Waals surface area (Å²) in [6.45, 7) is 0.192. The molecule has 0 aliphatic carbocycles. The second-order valence-corrected chi connectivity index (χ2v) is 3.74. The Morgan fingerprint density at radius 1 is 1.35 bits per heavy atom. The fourth-order valence-electron chi connectivity index (χ4n) is 1.76. The molecule has 1 unspecified atom stereocenters. The summed E-state index contributed by atoms with van der Waals surface area (Å²) in [4.78, 5) is 16.0. The first kappa shape index (κ1) is 11.5. The zero-order valence-corrected chi connectivity index (χ0v) is 9.59. The lowest BCUT2D eigenvalue weighted by atomic mass is 10.0. The molecule has 0 saturated heterocycles. The van der Waals surface area contributed by atoms with Gasteiger partial charge in [-0.25, -0.2) is 0 Å². The summed E-state index contributed by atoms with van der Waals surface area (Å²) in [5, 5.41) is 1.04. The van der Waals surface area contributed by atoms with Crippen LogP contribution in [-0.2, 0) is 9.53 Å². The highest BCUT2D eigenvalue weighted by molar-refractivity contribution is 5.81. The number of esters is 1. The Kier molecular flexibility index (Phi) is 3.35. The van der Waals surface area contributed by atoms with E-state index in [1.807, 2.05) is 36.4 Å². The van der Waals surface area contributed by atoms with E-state index in [2.05, 4.69) is 4.98 Å². The van der Waals surface area contributed by atoms with Crippen LogP contribution in [0.15, 0.2) is 36.4 Å². The molecule has 2 N–H and O–H groups in total. The van der Waals surface area contributed by atoms with Gasteiger partial charge in [-0.05, 0) is 12.1 Å². The maximum atomic E-state index is 11.5. The standard InChI is InChI=1S/C13H14N2O2/c1-17-13(16)10(8-14)12-7-6-9-4-2-3-5-11(9)15-12/h2-7,10H,8,14H2,1H3. The van der Waals surface area contributed by atoms with Crippen molar-refractivity contribution in [3.63, 3.8) is 0 Å². The number of methoxy groups -OCH3 is 1. The van der Waals surface area contributed by atoms with Gasteiger partial charge in [0.05, 0.1) is 18.3 Å². The second kappa shape index (κ2) is 4.93. The van der Waals surface area contributed by atoms with Crippen molar-refractivity contribution in [3.8, 4) is 0 Å². The van der Waals surface area contributed by atoms with E-state index >= 15 is 0 Å². The molecule has 0 fully saturated rings. The van der Waals surface area contributed by atoms with Gasteiger partial charge in [0.15, 0.2) is 0 Å². The van der Waals surface area contributed by atoms with Crippen LogP contribution >= 0.6 is 0 Å². The number of carbonyl (C=O) groups is 1. The van der Waals surface area contributed by atoms with Crippen molar-refractivity contribution in [1.29, 1.82) is 0 Å². The van der Waals surface area contributed by atoms with Gasteiger partial charge in [0, 0.05) is 11.9 Å². The highest BCUT2D eigenvalue weighted by Gasteiger charge is 2.21. The Morgan fingerprint density at radius 3 is 2.82 bits per heavy atom. The maximum absolute atomic E-state index is 11.5. The molecule has 2 rings (SSSR count). The zero-order valence-electron chi connectivity index (χ0n) is 9.59. The van der Waals surface area contributed by atoms with Crippen molar-refractivity contribution < 1.29 is 9.53 Å². The van der Waals surface area contributed by atoms with Gasteiger partial charge in [-0.15, -0.1) is 0 Å². The number of pyridine rings is 1. The van der Waals surface area contributed by atoms with Crippen LogP contribution in [0.4, 0.5) is 0 Å². The van der Waals surface area contributed by atoms with Crippen molar-refractivity contribution in [3.05, 3.63) is 42.1 Å². The molecule has 0 amide bonds. The molecule has 1 aromatic heterocycles. The Hall–Kier alpha value is -1.94. The van der Waals surface area contributed by atoms with E-state index in [1.54, 1.807) is 0 Å². The van der Waals surface area contributed by atoms with Crippen molar-refractivity contribution in [2.24, 2.45) is 5.73 Å². The van der Waals surface area contributed by atoms with Crippen LogP contribution in [0.1, 0.15) is 11.6 Å². The first-order valence-corrected chi connectivity index (χ1v) is 5.40. The molecule has 0 aliphatic rings. The molecule has 2 aromatic rings. The Bertz CT molecular complexity index is 540. The maximum Gasteiger partial charge on any atom is 0.316 e. The van der Waals surface area contributed by atoms with Crippen LogP contribution in [0.3, 0.4) is 0 Å². The highest BCUT2D eigenvalue weighted by Crippen LogP contribution is 2.18. The first-order valence-electron chi connectivity index (χ1n) is 5.40. The number of hydrogen-bond acceptors (Lipinski definition) is 4. The van der Waals surface area contributed by atoms with Crippen molar-refractivity contribution in [1.82, 2.24) is 4.98 Å². The van der Waals surface area contributed by atoms with Gasteiger partial charge >= 0.3 is 5.97 Å². The number of nitrogens with two attached hydrogens (primary N) is 1. The van der Waals surface area contributed by atoms with E-state index in [4.69, 9.17) is 10.5 Å². The molecule has 1 aromatic carbocycles. The van der Waals surface area contributed by atoms with E-state index in [0.717, 1.165) is 10.9 Å². The van der Waals surface area contributed by atoms with Gasteiger partial charge < -0.3 is 10.5 Å². The average Bonchev–Trinajstić information content (AvgIpc) is 2.39. The van der Waals surface area contributed by atoms with Gasteiger partial charge in [0.25, 0.3) is 0 Å². The molecular weight excluding hydrogens is 216 g/mol. The number of hydrogen-bond donors (Lipinski definition) is 1. The lowest BCUT2D eigenvalue weighted by Gasteiger charge is -2.12. The smallest absolute Gasteiger partial charge is 0.316 e. The Labute approximate surface area is 99.4 Å². The summed E-state index contributed by atoms with van der Waals surface area (Å²) >= 11 is 0. The summed E-state index contributed by atoms with van der Waals surface area (Å²) in [6.07, 6.45) is 0. The summed E-state index contributed by atoms with van der Waals surface area (Å²) < 4.78 is 4.71. The molecule has 1 heterocycles. The Morgan fingerprint density at radius 2 is 2.12 bits per heavy atom. The number of nitrogens with zero attached hydrogens (tertiary/aromatic N) is 1. The first-order chi connectivity index (χ1) is 8.26.